The Kier molecular flexibility index (Phi) is 8.42. The average molecular weight is 280 g/mol. The van der Waals surface area contributed by atoms with E-state index < -0.39 is 6.10 Å². The molecule has 0 spiro atoms. The highest BCUT2D eigenvalue weighted by Crippen LogP contribution is 2.09. The summed E-state index contributed by atoms with van der Waals surface area (Å²) in [6.07, 6.45) is 5.37. The van der Waals surface area contributed by atoms with Gasteiger partial charge in [-0.3, -0.25) is 4.98 Å². The van der Waals surface area contributed by atoms with Crippen molar-refractivity contribution in [3.05, 3.63) is 30.1 Å². The molecule has 0 saturated heterocycles. The van der Waals surface area contributed by atoms with Crippen LogP contribution in [0.4, 0.5) is 0 Å². The molecule has 20 heavy (non-hydrogen) atoms. The molecule has 0 amide bonds. The van der Waals surface area contributed by atoms with Crippen LogP contribution in [0, 0.1) is 5.92 Å². The van der Waals surface area contributed by atoms with Crippen molar-refractivity contribution in [2.24, 2.45) is 5.92 Å². The molecule has 1 aromatic heterocycles. The Morgan fingerprint density at radius 1 is 1.35 bits per heavy atom. The van der Waals surface area contributed by atoms with E-state index in [4.69, 9.17) is 4.74 Å². The first kappa shape index (κ1) is 17.1. The maximum Gasteiger partial charge on any atom is 0.0897 e. The molecule has 1 aromatic rings. The summed E-state index contributed by atoms with van der Waals surface area (Å²) in [6, 6.07) is 4.13. The molecule has 2 unspecified atom stereocenters. The monoisotopic (exact) mass is 280 g/mol. The molecule has 114 valence electrons. The van der Waals surface area contributed by atoms with E-state index in [2.05, 4.69) is 31.1 Å². The Bertz CT molecular complexity index is 344. The Morgan fingerprint density at radius 2 is 2.15 bits per heavy atom. The lowest BCUT2D eigenvalue weighted by Crippen LogP contribution is -2.32. The smallest absolute Gasteiger partial charge is 0.0897 e. The Hall–Kier alpha value is -0.970. The van der Waals surface area contributed by atoms with Crippen LogP contribution < -0.4 is 5.32 Å². The lowest BCUT2D eigenvalue weighted by molar-refractivity contribution is 0.0337. The van der Waals surface area contributed by atoms with Gasteiger partial charge < -0.3 is 15.2 Å². The minimum Gasteiger partial charge on any atom is -0.389 e. The molecule has 0 bridgehead atoms. The van der Waals surface area contributed by atoms with Crippen molar-refractivity contribution in [3.63, 3.8) is 0 Å². The third-order valence-electron chi connectivity index (χ3n) is 3.22. The Labute approximate surface area is 122 Å². The third kappa shape index (κ3) is 7.58. The van der Waals surface area contributed by atoms with E-state index in [1.807, 2.05) is 18.3 Å². The summed E-state index contributed by atoms with van der Waals surface area (Å²) in [5.41, 5.74) is 1.12. The lowest BCUT2D eigenvalue weighted by atomic mass is 10.1. The van der Waals surface area contributed by atoms with Gasteiger partial charge in [0.05, 0.1) is 12.7 Å². The molecule has 4 nitrogen and oxygen atoms in total. The first-order chi connectivity index (χ1) is 9.59. The molecule has 4 heteroatoms. The number of rotatable bonds is 10. The van der Waals surface area contributed by atoms with Gasteiger partial charge in [-0.2, -0.15) is 0 Å². The highest BCUT2D eigenvalue weighted by atomic mass is 16.5. The summed E-state index contributed by atoms with van der Waals surface area (Å²) < 4.78 is 5.48. The van der Waals surface area contributed by atoms with Crippen LogP contribution in [0.3, 0.4) is 0 Å². The largest absolute Gasteiger partial charge is 0.389 e. The predicted molar refractivity (Wildman–Crippen MR) is 81.6 cm³/mol. The molecule has 2 atom stereocenters. The number of nitrogens with zero attached hydrogens (tertiary/aromatic N) is 1. The van der Waals surface area contributed by atoms with Crippen molar-refractivity contribution >= 4 is 0 Å². The van der Waals surface area contributed by atoms with E-state index in [0.717, 1.165) is 18.6 Å². The maximum absolute atomic E-state index is 9.85. The molecule has 0 aromatic carbocycles. The minimum absolute atomic E-state index is 0.180. The summed E-state index contributed by atoms with van der Waals surface area (Å²) in [4.78, 5) is 4.09. The minimum atomic E-state index is -0.465. The zero-order chi connectivity index (χ0) is 14.8. The molecule has 1 rings (SSSR count). The molecule has 2 N–H and O–H groups in total. The number of ether oxygens (including phenoxy) is 1. The number of aliphatic hydroxyl groups excluding tert-OH is 1. The number of aromatic nitrogens is 1. The highest BCUT2D eigenvalue weighted by Gasteiger charge is 2.08. The topological polar surface area (TPSA) is 54.4 Å². The van der Waals surface area contributed by atoms with E-state index in [0.29, 0.717) is 19.1 Å². The number of aliphatic hydroxyl groups is 1. The van der Waals surface area contributed by atoms with E-state index in [-0.39, 0.29) is 6.04 Å². The van der Waals surface area contributed by atoms with Crippen molar-refractivity contribution in [1.29, 1.82) is 0 Å². The number of hydrogen-bond acceptors (Lipinski definition) is 4. The van der Waals surface area contributed by atoms with E-state index in [9.17, 15) is 5.11 Å². The van der Waals surface area contributed by atoms with Crippen LogP contribution in [-0.4, -0.2) is 36.0 Å². The number of pyridine rings is 1. The number of nitrogens with one attached hydrogen (secondary N) is 1. The molecule has 0 saturated carbocycles. The zero-order valence-corrected chi connectivity index (χ0v) is 12.9. The fraction of sp³-hybridized carbons (Fsp3) is 0.688. The van der Waals surface area contributed by atoms with Crippen LogP contribution in [0.25, 0.3) is 0 Å². The van der Waals surface area contributed by atoms with Crippen LogP contribution in [-0.2, 0) is 4.74 Å². The first-order valence-corrected chi connectivity index (χ1v) is 7.48. The second-order valence-electron chi connectivity index (χ2n) is 5.68. The summed E-state index contributed by atoms with van der Waals surface area (Å²) in [5, 5.41) is 13.1. The zero-order valence-electron chi connectivity index (χ0n) is 12.9. The van der Waals surface area contributed by atoms with Crippen molar-refractivity contribution in [1.82, 2.24) is 10.3 Å². The van der Waals surface area contributed by atoms with Gasteiger partial charge in [0.1, 0.15) is 0 Å². The van der Waals surface area contributed by atoms with Gasteiger partial charge in [-0.1, -0.05) is 19.9 Å². The van der Waals surface area contributed by atoms with Crippen LogP contribution in [0.2, 0.25) is 0 Å². The summed E-state index contributed by atoms with van der Waals surface area (Å²) in [7, 11) is 0. The molecule has 0 aliphatic rings. The van der Waals surface area contributed by atoms with Gasteiger partial charge >= 0.3 is 0 Å². The first-order valence-electron chi connectivity index (χ1n) is 7.48. The predicted octanol–water partition coefficient (Wildman–Crippen LogP) is 2.55. The van der Waals surface area contributed by atoms with Gasteiger partial charge in [-0.25, -0.2) is 0 Å². The molecule has 0 fully saturated rings. The van der Waals surface area contributed by atoms with Gasteiger partial charge in [0.15, 0.2) is 0 Å². The normalized spacial score (nSPS) is 14.4. The third-order valence-corrected chi connectivity index (χ3v) is 3.22. The van der Waals surface area contributed by atoms with Gasteiger partial charge in [0.2, 0.25) is 0 Å². The fourth-order valence-electron chi connectivity index (χ4n) is 1.93. The Balaban J connectivity index is 2.09. The fourth-order valence-corrected chi connectivity index (χ4v) is 1.93. The molecule has 0 aliphatic carbocycles. The standard InChI is InChI=1S/C16H28N2O2/c1-13(2)6-5-9-20-12-16(19)11-18-14(3)15-7-4-8-17-10-15/h4,7-8,10,13-14,16,18-19H,5-6,9,11-12H2,1-3H3. The van der Waals surface area contributed by atoms with Gasteiger partial charge in [0, 0.05) is 31.6 Å². The van der Waals surface area contributed by atoms with Crippen molar-refractivity contribution in [3.8, 4) is 0 Å². The average Bonchev–Trinajstić information content (AvgIpc) is 2.45. The van der Waals surface area contributed by atoms with E-state index in [1.165, 1.54) is 6.42 Å². The van der Waals surface area contributed by atoms with Gasteiger partial charge in [0.25, 0.3) is 0 Å². The second-order valence-corrected chi connectivity index (χ2v) is 5.68. The van der Waals surface area contributed by atoms with Gasteiger partial charge in [-0.05, 0) is 37.3 Å². The summed E-state index contributed by atoms with van der Waals surface area (Å²) in [6.45, 7) is 8.13. The lowest BCUT2D eigenvalue weighted by Gasteiger charge is -2.17. The molecule has 1 heterocycles. The molecular weight excluding hydrogens is 252 g/mol. The molecule has 0 radical (unpaired) electrons. The Morgan fingerprint density at radius 3 is 2.80 bits per heavy atom. The van der Waals surface area contributed by atoms with Crippen molar-refractivity contribution in [2.75, 3.05) is 19.8 Å². The van der Waals surface area contributed by atoms with Crippen LogP contribution >= 0.6 is 0 Å². The van der Waals surface area contributed by atoms with Crippen LogP contribution in [0.5, 0.6) is 0 Å². The number of hydrogen-bond donors (Lipinski definition) is 2. The second kappa shape index (κ2) is 9.86. The summed E-state index contributed by atoms with van der Waals surface area (Å²) >= 11 is 0. The highest BCUT2D eigenvalue weighted by molar-refractivity contribution is 5.12. The van der Waals surface area contributed by atoms with E-state index in [1.54, 1.807) is 6.20 Å². The van der Waals surface area contributed by atoms with Crippen molar-refractivity contribution in [2.45, 2.75) is 45.8 Å². The van der Waals surface area contributed by atoms with E-state index >= 15 is 0 Å². The molecule has 0 aliphatic heterocycles. The quantitative estimate of drug-likeness (QED) is 0.647. The van der Waals surface area contributed by atoms with Crippen LogP contribution in [0.15, 0.2) is 24.5 Å². The summed E-state index contributed by atoms with van der Waals surface area (Å²) in [5.74, 6) is 0.713. The maximum atomic E-state index is 9.85. The van der Waals surface area contributed by atoms with Crippen molar-refractivity contribution < 1.29 is 9.84 Å². The SMILES string of the molecule is CC(C)CCCOCC(O)CNC(C)c1cccnc1. The van der Waals surface area contributed by atoms with Crippen LogP contribution in [0.1, 0.15) is 45.2 Å². The molecular formula is C16H28N2O2. The van der Waals surface area contributed by atoms with Gasteiger partial charge in [-0.15, -0.1) is 0 Å².